The number of para-hydroxylation sites is 1. The van der Waals surface area contributed by atoms with E-state index < -0.39 is 23.5 Å². The number of aromatic nitrogens is 4. The SMILES string of the molecule is CCn1nnc(CCC(c2ccc3c(c2)C(N2Cc4ccccc4OC(C)(C)C2)CC3)C(C)(C)C(=O)O)n1.O=C(O)C(F)(F)F. The van der Waals surface area contributed by atoms with Crippen LogP contribution >= 0.6 is 0 Å². The highest BCUT2D eigenvalue weighted by Gasteiger charge is 2.40. The van der Waals surface area contributed by atoms with Crippen molar-refractivity contribution in [3.05, 3.63) is 70.5 Å². The molecule has 2 unspecified atom stereocenters. The number of nitrogens with zero attached hydrogens (tertiary/aromatic N) is 5. The van der Waals surface area contributed by atoms with Crippen LogP contribution in [-0.2, 0) is 35.5 Å². The Morgan fingerprint density at radius 2 is 1.78 bits per heavy atom. The predicted octanol–water partition coefficient (Wildman–Crippen LogP) is 5.81. The molecule has 13 heteroatoms. The molecule has 10 nitrogen and oxygen atoms in total. The largest absolute Gasteiger partial charge is 0.490 e. The quantitative estimate of drug-likeness (QED) is 0.316. The van der Waals surface area contributed by atoms with E-state index in [1.807, 2.05) is 26.8 Å². The van der Waals surface area contributed by atoms with Crippen LogP contribution in [0.2, 0.25) is 0 Å². The maximum absolute atomic E-state index is 12.4. The first-order valence-corrected chi connectivity index (χ1v) is 15.0. The molecular formula is C32H40F3N5O5. The number of tetrazole rings is 1. The van der Waals surface area contributed by atoms with E-state index in [0.29, 0.717) is 25.2 Å². The lowest BCUT2D eigenvalue weighted by Crippen LogP contribution is -2.41. The molecule has 2 N–H and O–H groups in total. The summed E-state index contributed by atoms with van der Waals surface area (Å²) in [5.41, 5.74) is 3.69. The number of aliphatic carboxylic acids is 2. The Kier molecular flexibility index (Phi) is 9.91. The average molecular weight is 632 g/mol. The summed E-state index contributed by atoms with van der Waals surface area (Å²) in [7, 11) is 0. The fourth-order valence-electron chi connectivity index (χ4n) is 6.12. The van der Waals surface area contributed by atoms with E-state index in [0.717, 1.165) is 37.2 Å². The molecule has 3 aromatic rings. The summed E-state index contributed by atoms with van der Waals surface area (Å²) in [5.74, 6) is -2.13. The Morgan fingerprint density at radius 3 is 2.40 bits per heavy atom. The van der Waals surface area contributed by atoms with Crippen molar-refractivity contribution in [3.8, 4) is 5.75 Å². The summed E-state index contributed by atoms with van der Waals surface area (Å²) in [6.45, 7) is 12.2. The fraction of sp³-hybridized carbons (Fsp3) is 0.531. The van der Waals surface area contributed by atoms with Crippen LogP contribution < -0.4 is 4.74 Å². The molecule has 0 fully saturated rings. The second-order valence-electron chi connectivity index (χ2n) is 12.7. The van der Waals surface area contributed by atoms with Crippen molar-refractivity contribution >= 4 is 11.9 Å². The van der Waals surface area contributed by atoms with Gasteiger partial charge in [-0.05, 0) is 87.8 Å². The second kappa shape index (κ2) is 13.2. The van der Waals surface area contributed by atoms with Gasteiger partial charge in [0.05, 0.1) is 12.0 Å². The monoisotopic (exact) mass is 631 g/mol. The van der Waals surface area contributed by atoms with E-state index in [2.05, 4.69) is 70.6 Å². The van der Waals surface area contributed by atoms with Crippen molar-refractivity contribution in [2.75, 3.05) is 6.54 Å². The third kappa shape index (κ3) is 7.99. The normalized spacial score (nSPS) is 18.4. The van der Waals surface area contributed by atoms with Gasteiger partial charge < -0.3 is 14.9 Å². The van der Waals surface area contributed by atoms with E-state index in [4.69, 9.17) is 14.6 Å². The smallest absolute Gasteiger partial charge is 0.486 e. The number of carboxylic acids is 2. The molecule has 2 aliphatic rings. The lowest BCUT2D eigenvalue weighted by Gasteiger charge is -2.35. The number of carboxylic acid groups (broad SMARTS) is 2. The average Bonchev–Trinajstić information content (AvgIpc) is 3.56. The summed E-state index contributed by atoms with van der Waals surface area (Å²) in [6.07, 6.45) is -1.79. The molecule has 0 amide bonds. The van der Waals surface area contributed by atoms with Gasteiger partial charge in [-0.15, -0.1) is 10.2 Å². The summed E-state index contributed by atoms with van der Waals surface area (Å²) in [5, 5.41) is 30.0. The molecule has 0 saturated heterocycles. The molecule has 2 atom stereocenters. The molecule has 0 saturated carbocycles. The third-order valence-corrected chi connectivity index (χ3v) is 8.47. The Balaban J connectivity index is 0.000000591. The van der Waals surface area contributed by atoms with Crippen molar-refractivity contribution in [2.24, 2.45) is 5.41 Å². The van der Waals surface area contributed by atoms with Crippen LogP contribution in [-0.4, -0.2) is 65.6 Å². The molecule has 0 bridgehead atoms. The number of fused-ring (bicyclic) bond motifs is 2. The lowest BCUT2D eigenvalue weighted by molar-refractivity contribution is -0.192. The van der Waals surface area contributed by atoms with Crippen molar-refractivity contribution in [1.29, 1.82) is 0 Å². The minimum Gasteiger partial charge on any atom is -0.486 e. The number of alkyl halides is 3. The van der Waals surface area contributed by atoms with Gasteiger partial charge in [-0.2, -0.15) is 18.0 Å². The van der Waals surface area contributed by atoms with Crippen molar-refractivity contribution in [2.45, 2.75) is 97.1 Å². The Labute approximate surface area is 260 Å². The number of halogens is 3. The fourth-order valence-corrected chi connectivity index (χ4v) is 6.12. The van der Waals surface area contributed by atoms with Gasteiger partial charge in [-0.3, -0.25) is 9.69 Å². The molecule has 1 aliphatic heterocycles. The van der Waals surface area contributed by atoms with Crippen LogP contribution in [0.25, 0.3) is 0 Å². The molecule has 1 aromatic heterocycles. The maximum Gasteiger partial charge on any atom is 0.490 e. The number of rotatable bonds is 8. The van der Waals surface area contributed by atoms with Gasteiger partial charge in [0.25, 0.3) is 0 Å². The van der Waals surface area contributed by atoms with Crippen molar-refractivity contribution in [3.63, 3.8) is 0 Å². The minimum atomic E-state index is -5.08. The lowest BCUT2D eigenvalue weighted by atomic mass is 9.72. The number of aryl methyl sites for hydroxylation is 3. The molecule has 1 aliphatic carbocycles. The first-order chi connectivity index (χ1) is 21.0. The van der Waals surface area contributed by atoms with Gasteiger partial charge in [0, 0.05) is 31.1 Å². The highest BCUT2D eigenvalue weighted by molar-refractivity contribution is 5.75. The van der Waals surface area contributed by atoms with Crippen molar-refractivity contribution < 1.29 is 37.7 Å². The maximum atomic E-state index is 12.4. The van der Waals surface area contributed by atoms with Crippen LogP contribution in [0.3, 0.4) is 0 Å². The number of hydrogen-bond acceptors (Lipinski definition) is 7. The molecule has 0 spiro atoms. The van der Waals surface area contributed by atoms with Gasteiger partial charge in [-0.1, -0.05) is 36.4 Å². The highest BCUT2D eigenvalue weighted by atomic mass is 19.4. The van der Waals surface area contributed by atoms with Gasteiger partial charge >= 0.3 is 18.1 Å². The van der Waals surface area contributed by atoms with Crippen LogP contribution in [0.5, 0.6) is 5.75 Å². The number of hydrogen-bond donors (Lipinski definition) is 2. The Morgan fingerprint density at radius 1 is 1.09 bits per heavy atom. The van der Waals surface area contributed by atoms with Crippen LogP contribution in [0.4, 0.5) is 13.2 Å². The van der Waals surface area contributed by atoms with E-state index in [9.17, 15) is 23.1 Å². The molecule has 5 rings (SSSR count). The molecular weight excluding hydrogens is 591 g/mol. The first kappa shape index (κ1) is 33.9. The van der Waals surface area contributed by atoms with Gasteiger partial charge in [-0.25, -0.2) is 4.79 Å². The Hall–Kier alpha value is -4.00. The standard InChI is InChI=1S/C30H39N5O3.C2HF3O2/c1-6-35-32-27(31-33-35)16-14-24(30(4,5)28(36)37)21-12-11-20-13-15-25(23(20)17-21)34-18-22-9-7-8-10-26(22)38-29(2,3)19-34;3-2(4,5)1(6)7/h7-12,17,24-25H,6,13-16,18-19H2,1-5H3,(H,36,37);(H,6,7). The predicted molar refractivity (Wildman–Crippen MR) is 159 cm³/mol. The molecule has 2 aromatic carbocycles. The zero-order valence-electron chi connectivity index (χ0n) is 26.1. The molecule has 244 valence electrons. The summed E-state index contributed by atoms with van der Waals surface area (Å²) < 4.78 is 38.1. The summed E-state index contributed by atoms with van der Waals surface area (Å²) in [4.78, 5) is 25.4. The molecule has 45 heavy (non-hydrogen) atoms. The van der Waals surface area contributed by atoms with Gasteiger partial charge in [0.1, 0.15) is 11.4 Å². The van der Waals surface area contributed by atoms with E-state index in [1.54, 1.807) is 4.80 Å². The molecule has 0 radical (unpaired) electrons. The summed E-state index contributed by atoms with van der Waals surface area (Å²) in [6, 6.07) is 15.2. The van der Waals surface area contributed by atoms with Crippen LogP contribution in [0, 0.1) is 5.41 Å². The van der Waals surface area contributed by atoms with E-state index in [1.165, 1.54) is 16.7 Å². The topological polar surface area (TPSA) is 131 Å². The minimum absolute atomic E-state index is 0.190. The van der Waals surface area contributed by atoms with Crippen LogP contribution in [0.15, 0.2) is 42.5 Å². The van der Waals surface area contributed by atoms with E-state index >= 15 is 0 Å². The summed E-state index contributed by atoms with van der Waals surface area (Å²) >= 11 is 0. The van der Waals surface area contributed by atoms with Gasteiger partial charge in [0.2, 0.25) is 0 Å². The first-order valence-electron chi connectivity index (χ1n) is 15.0. The van der Waals surface area contributed by atoms with Crippen LogP contribution in [0.1, 0.15) is 87.5 Å². The number of carbonyl (C=O) groups is 2. The zero-order valence-corrected chi connectivity index (χ0v) is 26.1. The second-order valence-corrected chi connectivity index (χ2v) is 12.7. The zero-order chi connectivity index (χ0) is 33.2. The van der Waals surface area contributed by atoms with Crippen molar-refractivity contribution in [1.82, 2.24) is 25.1 Å². The van der Waals surface area contributed by atoms with E-state index in [-0.39, 0.29) is 17.6 Å². The molecule has 2 heterocycles. The highest BCUT2D eigenvalue weighted by Crippen LogP contribution is 2.44. The third-order valence-electron chi connectivity index (χ3n) is 8.47. The van der Waals surface area contributed by atoms with Gasteiger partial charge in [0.15, 0.2) is 5.82 Å². The Bertz CT molecular complexity index is 1520. The number of benzene rings is 2. The number of ether oxygens (including phenoxy) is 1.